The molecule has 1 heterocycles. The van der Waals surface area contributed by atoms with E-state index in [9.17, 15) is 0 Å². The monoisotopic (exact) mass is 751 g/mol. The molecule has 0 saturated heterocycles. The minimum Gasteiger partial charge on any atom is -0.455 e. The molecule has 0 unspecified atom stereocenters. The fraction of sp³-hybridized carbons (Fsp3) is 0.0175. The first-order valence-corrected chi connectivity index (χ1v) is 20.3. The topological polar surface area (TPSA) is 12.5 Å². The Morgan fingerprint density at radius 1 is 0.322 bits per heavy atom. The van der Waals surface area contributed by atoms with Crippen molar-refractivity contribution in [1.82, 2.24) is 0 Å². The Labute approximate surface area is 343 Å². The summed E-state index contributed by atoms with van der Waals surface area (Å²) < 4.78 is 7.21. The van der Waals surface area contributed by atoms with Gasteiger partial charge in [0.25, 0.3) is 0 Å². The molecule has 0 N–H and O–H groups in total. The Balaban J connectivity index is 1.11. The molecule has 10 aromatic carbocycles. The third kappa shape index (κ3) is 5.00. The minimum absolute atomic E-state index is 0.625. The SMILES string of the molecule is c1ccc(-c2ccc(N(c3ccccc3)c3ccccc3-c3ccc4c(c3)C3(c5ccccc5-4)c4ccc5ccccc5c4Oc4c3ccc3ccccc43)cc2)cc1. The van der Waals surface area contributed by atoms with E-state index in [0.717, 1.165) is 61.2 Å². The number of rotatable bonds is 5. The summed E-state index contributed by atoms with van der Waals surface area (Å²) in [4.78, 5) is 2.39. The van der Waals surface area contributed by atoms with E-state index >= 15 is 0 Å². The number of hydrogen-bond acceptors (Lipinski definition) is 2. The van der Waals surface area contributed by atoms with Crippen molar-refractivity contribution in [3.63, 3.8) is 0 Å². The van der Waals surface area contributed by atoms with Crippen LogP contribution in [-0.4, -0.2) is 0 Å². The third-order valence-corrected chi connectivity index (χ3v) is 12.5. The standard InChI is InChI=1S/C57H37NO/c1-3-15-38(16-4-1)39-27-32-44(33-28-39)58(43-19-5-2-6-20-43)54-26-14-12-21-45(54)42-29-34-49-48-24-11-13-25-50(48)57(53(49)37-42)51-35-30-40-17-7-9-22-46(40)55(51)59-56-47-23-10-8-18-41(47)31-36-52(56)57/h1-37H. The zero-order valence-corrected chi connectivity index (χ0v) is 32.2. The van der Waals surface area contributed by atoms with E-state index in [-0.39, 0.29) is 0 Å². The van der Waals surface area contributed by atoms with Crippen LogP contribution in [0.5, 0.6) is 11.5 Å². The lowest BCUT2D eigenvalue weighted by Gasteiger charge is -2.40. The van der Waals surface area contributed by atoms with Gasteiger partial charge < -0.3 is 9.64 Å². The van der Waals surface area contributed by atoms with E-state index in [1.165, 1.54) is 44.5 Å². The van der Waals surface area contributed by atoms with Crippen LogP contribution in [0, 0.1) is 0 Å². The van der Waals surface area contributed by atoms with Gasteiger partial charge in [-0.05, 0) is 86.1 Å². The van der Waals surface area contributed by atoms with Crippen LogP contribution in [0.25, 0.3) is 54.9 Å². The summed E-state index contributed by atoms with van der Waals surface area (Å²) >= 11 is 0. The first kappa shape index (κ1) is 33.5. The molecule has 2 nitrogen and oxygen atoms in total. The molecule has 276 valence electrons. The number of para-hydroxylation sites is 2. The predicted octanol–water partition coefficient (Wildman–Crippen LogP) is 15.3. The summed E-state index contributed by atoms with van der Waals surface area (Å²) in [6.07, 6.45) is 0. The molecule has 59 heavy (non-hydrogen) atoms. The van der Waals surface area contributed by atoms with Crippen molar-refractivity contribution in [1.29, 1.82) is 0 Å². The molecule has 1 aliphatic carbocycles. The Kier molecular flexibility index (Phi) is 7.48. The molecule has 1 spiro atoms. The van der Waals surface area contributed by atoms with E-state index < -0.39 is 5.41 Å². The zero-order chi connectivity index (χ0) is 38.9. The van der Waals surface area contributed by atoms with E-state index in [1.54, 1.807) is 0 Å². The Morgan fingerprint density at radius 3 is 1.53 bits per heavy atom. The van der Waals surface area contributed by atoms with Crippen LogP contribution >= 0.6 is 0 Å². The van der Waals surface area contributed by atoms with Crippen molar-refractivity contribution < 1.29 is 4.74 Å². The van der Waals surface area contributed by atoms with Crippen molar-refractivity contribution in [2.75, 3.05) is 4.90 Å². The smallest absolute Gasteiger partial charge is 0.140 e. The Hall–Kier alpha value is -7.68. The highest BCUT2D eigenvalue weighted by molar-refractivity contribution is 6.00. The van der Waals surface area contributed by atoms with Crippen LogP contribution in [0.2, 0.25) is 0 Å². The number of hydrogen-bond donors (Lipinski definition) is 0. The molecule has 2 heteroatoms. The number of anilines is 3. The number of benzene rings is 10. The van der Waals surface area contributed by atoms with Crippen molar-refractivity contribution in [3.8, 4) is 44.9 Å². The molecule has 12 rings (SSSR count). The lowest BCUT2D eigenvalue weighted by atomic mass is 9.65. The van der Waals surface area contributed by atoms with E-state index in [0.29, 0.717) is 0 Å². The van der Waals surface area contributed by atoms with Gasteiger partial charge in [0.05, 0.1) is 11.1 Å². The van der Waals surface area contributed by atoms with Crippen molar-refractivity contribution in [2.24, 2.45) is 0 Å². The zero-order valence-electron chi connectivity index (χ0n) is 32.2. The summed E-state index contributed by atoms with van der Waals surface area (Å²) in [5, 5.41) is 4.56. The van der Waals surface area contributed by atoms with E-state index in [2.05, 4.69) is 229 Å². The molecule has 0 atom stereocenters. The second-order valence-corrected chi connectivity index (χ2v) is 15.6. The molecule has 0 radical (unpaired) electrons. The Bertz CT molecular complexity index is 3160. The van der Waals surface area contributed by atoms with Gasteiger partial charge in [0.2, 0.25) is 0 Å². The maximum atomic E-state index is 7.21. The Morgan fingerprint density at radius 2 is 0.831 bits per heavy atom. The highest BCUT2D eigenvalue weighted by atomic mass is 16.5. The van der Waals surface area contributed by atoms with Gasteiger partial charge >= 0.3 is 0 Å². The lowest BCUT2D eigenvalue weighted by Crippen LogP contribution is -2.32. The molecular formula is C57H37NO. The van der Waals surface area contributed by atoms with Gasteiger partial charge in [0, 0.05) is 38.8 Å². The van der Waals surface area contributed by atoms with Gasteiger partial charge in [0.15, 0.2) is 0 Å². The highest BCUT2D eigenvalue weighted by Crippen LogP contribution is 2.64. The third-order valence-electron chi connectivity index (χ3n) is 12.5. The lowest BCUT2D eigenvalue weighted by molar-refractivity contribution is 0.447. The molecule has 10 aromatic rings. The molecule has 2 aliphatic rings. The van der Waals surface area contributed by atoms with E-state index in [1.807, 2.05) is 0 Å². The normalized spacial score (nSPS) is 13.0. The van der Waals surface area contributed by atoms with Crippen molar-refractivity contribution >= 4 is 38.6 Å². The largest absolute Gasteiger partial charge is 0.455 e. The van der Waals surface area contributed by atoms with Crippen LogP contribution in [-0.2, 0) is 5.41 Å². The molecule has 1 aliphatic heterocycles. The fourth-order valence-corrected chi connectivity index (χ4v) is 9.92. The van der Waals surface area contributed by atoms with Crippen LogP contribution in [0.3, 0.4) is 0 Å². The average molecular weight is 752 g/mol. The summed E-state index contributed by atoms with van der Waals surface area (Å²) in [5.74, 6) is 1.85. The molecule has 0 bridgehead atoms. The molecule has 0 amide bonds. The highest BCUT2D eigenvalue weighted by Gasteiger charge is 2.52. The van der Waals surface area contributed by atoms with Crippen LogP contribution in [0.4, 0.5) is 17.1 Å². The summed E-state index contributed by atoms with van der Waals surface area (Å²) in [6, 6.07) is 81.6. The van der Waals surface area contributed by atoms with Crippen LogP contribution in [0.15, 0.2) is 224 Å². The summed E-state index contributed by atoms with van der Waals surface area (Å²) in [5.41, 5.74) is 14.8. The van der Waals surface area contributed by atoms with Crippen molar-refractivity contribution in [3.05, 3.63) is 247 Å². The fourth-order valence-electron chi connectivity index (χ4n) is 9.92. The van der Waals surface area contributed by atoms with Gasteiger partial charge in [-0.1, -0.05) is 188 Å². The summed E-state index contributed by atoms with van der Waals surface area (Å²) in [7, 11) is 0. The summed E-state index contributed by atoms with van der Waals surface area (Å²) in [6.45, 7) is 0. The molecule has 0 saturated carbocycles. The van der Waals surface area contributed by atoms with Gasteiger partial charge in [-0.15, -0.1) is 0 Å². The van der Waals surface area contributed by atoms with Gasteiger partial charge in [-0.3, -0.25) is 0 Å². The number of fused-ring (bicyclic) bond motifs is 13. The van der Waals surface area contributed by atoms with Crippen molar-refractivity contribution in [2.45, 2.75) is 5.41 Å². The predicted molar refractivity (Wildman–Crippen MR) is 244 cm³/mol. The van der Waals surface area contributed by atoms with Gasteiger partial charge in [-0.2, -0.15) is 0 Å². The second kappa shape index (κ2) is 13.2. The van der Waals surface area contributed by atoms with Gasteiger partial charge in [0.1, 0.15) is 11.5 Å². The van der Waals surface area contributed by atoms with E-state index in [4.69, 9.17) is 4.74 Å². The maximum absolute atomic E-state index is 7.21. The number of ether oxygens (including phenoxy) is 1. The molecule has 0 fully saturated rings. The minimum atomic E-state index is -0.625. The maximum Gasteiger partial charge on any atom is 0.140 e. The first-order valence-electron chi connectivity index (χ1n) is 20.3. The van der Waals surface area contributed by atoms with Crippen LogP contribution in [0.1, 0.15) is 22.3 Å². The van der Waals surface area contributed by atoms with Gasteiger partial charge in [-0.25, -0.2) is 0 Å². The first-order chi connectivity index (χ1) is 29.3. The quantitative estimate of drug-likeness (QED) is 0.174. The van der Waals surface area contributed by atoms with Crippen LogP contribution < -0.4 is 9.64 Å². The average Bonchev–Trinajstić information content (AvgIpc) is 3.60. The number of nitrogens with zero attached hydrogens (tertiary/aromatic N) is 1. The molecular weight excluding hydrogens is 715 g/mol. The second-order valence-electron chi connectivity index (χ2n) is 15.6. The molecule has 0 aromatic heterocycles.